The summed E-state index contributed by atoms with van der Waals surface area (Å²) in [7, 11) is 0. The summed E-state index contributed by atoms with van der Waals surface area (Å²) >= 11 is 0. The summed E-state index contributed by atoms with van der Waals surface area (Å²) in [6.45, 7) is 1.98. The van der Waals surface area contributed by atoms with Crippen LogP contribution in [-0.2, 0) is 0 Å². The van der Waals surface area contributed by atoms with Crippen molar-refractivity contribution >= 4 is 0 Å². The van der Waals surface area contributed by atoms with E-state index in [1.54, 1.807) is 0 Å². The maximum Gasteiger partial charge on any atom is 0.124 e. The van der Waals surface area contributed by atoms with E-state index in [-0.39, 0.29) is 6.04 Å². The van der Waals surface area contributed by atoms with Crippen LogP contribution < -0.4 is 10.5 Å². The fourth-order valence-electron chi connectivity index (χ4n) is 1.33. The molecule has 2 rings (SSSR count). The molecule has 0 aromatic heterocycles. The van der Waals surface area contributed by atoms with Gasteiger partial charge in [0, 0.05) is 11.6 Å². The third-order valence-electron chi connectivity index (χ3n) is 2.23. The van der Waals surface area contributed by atoms with Gasteiger partial charge in [-0.15, -0.1) is 0 Å². The molecule has 2 N–H and O–H groups in total. The molecule has 1 fully saturated rings. The van der Waals surface area contributed by atoms with Crippen molar-refractivity contribution in [2.24, 2.45) is 5.73 Å². The minimum Gasteiger partial charge on any atom is -0.490 e. The number of hydrogen-bond acceptors (Lipinski definition) is 2. The molecule has 1 aromatic carbocycles. The highest BCUT2D eigenvalue weighted by atomic mass is 16.5. The molecule has 70 valence electrons. The molecule has 0 bridgehead atoms. The predicted octanol–water partition coefficient (Wildman–Crippen LogP) is 2.25. The van der Waals surface area contributed by atoms with Crippen LogP contribution in [0.15, 0.2) is 24.3 Å². The number of ether oxygens (including phenoxy) is 1. The predicted molar refractivity (Wildman–Crippen MR) is 52.7 cm³/mol. The third kappa shape index (κ3) is 2.01. The zero-order valence-electron chi connectivity index (χ0n) is 7.86. The average Bonchev–Trinajstić information content (AvgIpc) is 2.89. The number of rotatable bonds is 3. The Kier molecular flexibility index (Phi) is 2.23. The highest BCUT2D eigenvalue weighted by molar-refractivity contribution is 5.35. The monoisotopic (exact) mass is 177 g/mol. The van der Waals surface area contributed by atoms with Gasteiger partial charge in [-0.2, -0.15) is 0 Å². The molecule has 0 radical (unpaired) electrons. The molecule has 0 spiro atoms. The second kappa shape index (κ2) is 3.38. The van der Waals surface area contributed by atoms with Crippen molar-refractivity contribution in [1.82, 2.24) is 0 Å². The first-order valence-corrected chi connectivity index (χ1v) is 4.78. The average molecular weight is 177 g/mol. The lowest BCUT2D eigenvalue weighted by molar-refractivity contribution is 0.298. The first-order chi connectivity index (χ1) is 6.27. The lowest BCUT2D eigenvalue weighted by atomic mass is 10.1. The van der Waals surface area contributed by atoms with Crippen molar-refractivity contribution in [3.63, 3.8) is 0 Å². The highest BCUT2D eigenvalue weighted by Gasteiger charge is 2.24. The van der Waals surface area contributed by atoms with Gasteiger partial charge in [-0.1, -0.05) is 18.2 Å². The molecule has 2 nitrogen and oxygen atoms in total. The number of para-hydroxylation sites is 1. The van der Waals surface area contributed by atoms with Crippen LogP contribution in [0.25, 0.3) is 0 Å². The molecule has 1 aliphatic rings. The SMILES string of the molecule is CC(N)c1ccccc1OC1CC1. The lowest BCUT2D eigenvalue weighted by Crippen LogP contribution is -2.08. The van der Waals surface area contributed by atoms with Crippen LogP contribution in [0.1, 0.15) is 31.4 Å². The van der Waals surface area contributed by atoms with Gasteiger partial charge in [0.05, 0.1) is 6.10 Å². The van der Waals surface area contributed by atoms with Gasteiger partial charge in [0.25, 0.3) is 0 Å². The summed E-state index contributed by atoms with van der Waals surface area (Å²) in [4.78, 5) is 0. The zero-order chi connectivity index (χ0) is 9.26. The minimum absolute atomic E-state index is 0.0509. The largest absolute Gasteiger partial charge is 0.490 e. The Balaban J connectivity index is 2.20. The van der Waals surface area contributed by atoms with Crippen LogP contribution in [-0.4, -0.2) is 6.10 Å². The summed E-state index contributed by atoms with van der Waals surface area (Å²) in [5.41, 5.74) is 6.94. The number of hydrogen-bond donors (Lipinski definition) is 1. The summed E-state index contributed by atoms with van der Waals surface area (Å²) in [6.07, 6.45) is 2.82. The molecule has 1 aliphatic carbocycles. The first kappa shape index (κ1) is 8.57. The molecule has 1 atom stereocenters. The van der Waals surface area contributed by atoms with Gasteiger partial charge < -0.3 is 10.5 Å². The summed E-state index contributed by atoms with van der Waals surface area (Å²) in [6, 6.07) is 8.07. The molecular weight excluding hydrogens is 162 g/mol. The Bertz CT molecular complexity index is 292. The molecule has 1 saturated carbocycles. The highest BCUT2D eigenvalue weighted by Crippen LogP contribution is 2.30. The summed E-state index contributed by atoms with van der Waals surface area (Å²) in [5.74, 6) is 0.958. The summed E-state index contributed by atoms with van der Waals surface area (Å²) < 4.78 is 5.74. The molecule has 1 aromatic rings. The van der Waals surface area contributed by atoms with E-state index in [9.17, 15) is 0 Å². The quantitative estimate of drug-likeness (QED) is 0.768. The van der Waals surface area contributed by atoms with Crippen molar-refractivity contribution in [3.8, 4) is 5.75 Å². The minimum atomic E-state index is 0.0509. The topological polar surface area (TPSA) is 35.2 Å². The van der Waals surface area contributed by atoms with Gasteiger partial charge >= 0.3 is 0 Å². The molecule has 2 heteroatoms. The van der Waals surface area contributed by atoms with E-state index in [4.69, 9.17) is 10.5 Å². The molecule has 0 heterocycles. The zero-order valence-corrected chi connectivity index (χ0v) is 7.86. The van der Waals surface area contributed by atoms with Crippen molar-refractivity contribution in [2.45, 2.75) is 31.9 Å². The normalized spacial score (nSPS) is 18.3. The van der Waals surface area contributed by atoms with Crippen molar-refractivity contribution < 1.29 is 4.74 Å². The van der Waals surface area contributed by atoms with Gasteiger partial charge in [0.1, 0.15) is 5.75 Å². The van der Waals surface area contributed by atoms with Crippen LogP contribution in [0.2, 0.25) is 0 Å². The fourth-order valence-corrected chi connectivity index (χ4v) is 1.33. The molecule has 1 unspecified atom stereocenters. The van der Waals surface area contributed by atoms with Crippen LogP contribution in [0, 0.1) is 0 Å². The number of nitrogens with two attached hydrogens (primary N) is 1. The van der Waals surface area contributed by atoms with Crippen LogP contribution in [0.3, 0.4) is 0 Å². The molecule has 0 aliphatic heterocycles. The van der Waals surface area contributed by atoms with Gasteiger partial charge in [-0.3, -0.25) is 0 Å². The smallest absolute Gasteiger partial charge is 0.124 e. The Labute approximate surface area is 78.7 Å². The third-order valence-corrected chi connectivity index (χ3v) is 2.23. The van der Waals surface area contributed by atoms with Crippen molar-refractivity contribution in [3.05, 3.63) is 29.8 Å². The van der Waals surface area contributed by atoms with Crippen LogP contribution >= 0.6 is 0 Å². The van der Waals surface area contributed by atoms with E-state index in [1.165, 1.54) is 12.8 Å². The van der Waals surface area contributed by atoms with Gasteiger partial charge in [-0.05, 0) is 25.8 Å². The van der Waals surface area contributed by atoms with E-state index in [2.05, 4.69) is 0 Å². The van der Waals surface area contributed by atoms with E-state index >= 15 is 0 Å². The van der Waals surface area contributed by atoms with E-state index < -0.39 is 0 Å². The van der Waals surface area contributed by atoms with E-state index in [0.29, 0.717) is 6.10 Å². The lowest BCUT2D eigenvalue weighted by Gasteiger charge is -2.12. The van der Waals surface area contributed by atoms with E-state index in [1.807, 2.05) is 31.2 Å². The van der Waals surface area contributed by atoms with Gasteiger partial charge in [-0.25, -0.2) is 0 Å². The standard InChI is InChI=1S/C11H15NO/c1-8(12)10-4-2-3-5-11(10)13-9-6-7-9/h2-5,8-9H,6-7,12H2,1H3. The molecule has 0 saturated heterocycles. The Morgan fingerprint density at radius 2 is 2.08 bits per heavy atom. The first-order valence-electron chi connectivity index (χ1n) is 4.78. The Morgan fingerprint density at radius 1 is 1.38 bits per heavy atom. The maximum absolute atomic E-state index is 5.83. The second-order valence-corrected chi connectivity index (χ2v) is 3.64. The maximum atomic E-state index is 5.83. The Hall–Kier alpha value is -1.02. The van der Waals surface area contributed by atoms with Crippen LogP contribution in [0.5, 0.6) is 5.75 Å². The molecule has 13 heavy (non-hydrogen) atoms. The fraction of sp³-hybridized carbons (Fsp3) is 0.455. The van der Waals surface area contributed by atoms with E-state index in [0.717, 1.165) is 11.3 Å². The van der Waals surface area contributed by atoms with Crippen molar-refractivity contribution in [2.75, 3.05) is 0 Å². The van der Waals surface area contributed by atoms with Crippen LogP contribution in [0.4, 0.5) is 0 Å². The van der Waals surface area contributed by atoms with Crippen molar-refractivity contribution in [1.29, 1.82) is 0 Å². The molecular formula is C11H15NO. The summed E-state index contributed by atoms with van der Waals surface area (Å²) in [5, 5.41) is 0. The molecule has 0 amide bonds. The number of benzene rings is 1. The van der Waals surface area contributed by atoms with Gasteiger partial charge in [0.15, 0.2) is 0 Å². The second-order valence-electron chi connectivity index (χ2n) is 3.64. The Morgan fingerprint density at radius 3 is 2.69 bits per heavy atom. The van der Waals surface area contributed by atoms with Gasteiger partial charge in [0.2, 0.25) is 0 Å².